The van der Waals surface area contributed by atoms with Gasteiger partial charge in [0.05, 0.1) is 12.2 Å². The van der Waals surface area contributed by atoms with Gasteiger partial charge < -0.3 is 8.85 Å². The Bertz CT molecular complexity index is 1090. The van der Waals surface area contributed by atoms with Crippen molar-refractivity contribution in [2.24, 2.45) is 16.7 Å². The van der Waals surface area contributed by atoms with Crippen molar-refractivity contribution in [1.29, 1.82) is 0 Å². The van der Waals surface area contributed by atoms with Gasteiger partial charge in [-0.3, -0.25) is 0 Å². The summed E-state index contributed by atoms with van der Waals surface area (Å²) in [5.74, 6) is 0.692. The molecule has 4 heteroatoms. The summed E-state index contributed by atoms with van der Waals surface area (Å²) in [6.45, 7) is 40.4. The van der Waals surface area contributed by atoms with Crippen LogP contribution in [0.4, 0.5) is 0 Å². The van der Waals surface area contributed by atoms with E-state index in [1.807, 2.05) is 0 Å². The zero-order valence-electron chi connectivity index (χ0n) is 32.0. The quantitative estimate of drug-likeness (QED) is 0.194. The SMILES string of the molecule is C=C1[C@H](O[Si](C)(C)C(C)(C)C)CC(=C/C=C2\CCC[C@]3(C)/C(=C(/C)CCCC(C)(C)C)CC[C@@H]23)C[C@H]1O[Si](C)(C)C(C)(C)C. The molecule has 0 aromatic heterocycles. The van der Waals surface area contributed by atoms with Gasteiger partial charge in [0, 0.05) is 0 Å². The van der Waals surface area contributed by atoms with Gasteiger partial charge in [0.2, 0.25) is 0 Å². The first-order chi connectivity index (χ1) is 19.9. The topological polar surface area (TPSA) is 18.5 Å². The second kappa shape index (κ2) is 13.4. The summed E-state index contributed by atoms with van der Waals surface area (Å²) in [6.07, 6.45) is 17.4. The van der Waals surface area contributed by atoms with Crippen LogP contribution in [0.15, 0.2) is 46.6 Å². The molecule has 0 amide bonds. The lowest BCUT2D eigenvalue weighted by Crippen LogP contribution is -2.49. The Kier molecular flexibility index (Phi) is 11.5. The maximum absolute atomic E-state index is 7.09. The molecule has 0 radical (unpaired) electrons. The van der Waals surface area contributed by atoms with Gasteiger partial charge in [0.15, 0.2) is 16.6 Å². The molecule has 3 aliphatic rings. The molecule has 3 aliphatic carbocycles. The Morgan fingerprint density at radius 1 is 0.864 bits per heavy atom. The summed E-state index contributed by atoms with van der Waals surface area (Å²) in [6, 6.07) is 0. The highest BCUT2D eigenvalue weighted by atomic mass is 28.4. The molecule has 0 saturated heterocycles. The van der Waals surface area contributed by atoms with Crippen molar-refractivity contribution in [2.45, 2.75) is 189 Å². The highest BCUT2D eigenvalue weighted by molar-refractivity contribution is 6.74. The third kappa shape index (κ3) is 8.81. The number of hydrogen-bond acceptors (Lipinski definition) is 2. The third-order valence-corrected chi connectivity index (χ3v) is 21.5. The highest BCUT2D eigenvalue weighted by Gasteiger charge is 2.47. The van der Waals surface area contributed by atoms with Crippen LogP contribution in [0, 0.1) is 16.7 Å². The molecule has 0 spiro atoms. The monoisotopic (exact) mass is 641 g/mol. The first kappa shape index (κ1) is 37.8. The van der Waals surface area contributed by atoms with Crippen molar-refractivity contribution in [3.63, 3.8) is 0 Å². The molecule has 0 N–H and O–H groups in total. The Labute approximate surface area is 276 Å². The molecule has 0 bridgehead atoms. The average molecular weight is 641 g/mol. The third-order valence-electron chi connectivity index (χ3n) is 12.5. The van der Waals surface area contributed by atoms with E-state index in [9.17, 15) is 0 Å². The summed E-state index contributed by atoms with van der Waals surface area (Å²) in [4.78, 5) is 0. The lowest BCUT2D eigenvalue weighted by molar-refractivity contribution is 0.132. The van der Waals surface area contributed by atoms with E-state index in [1.54, 1.807) is 16.7 Å². The van der Waals surface area contributed by atoms with Gasteiger partial charge in [-0.05, 0) is 130 Å². The number of hydrogen-bond donors (Lipinski definition) is 0. The van der Waals surface area contributed by atoms with Gasteiger partial charge in [0.1, 0.15) is 0 Å². The van der Waals surface area contributed by atoms with Crippen LogP contribution in [-0.4, -0.2) is 28.8 Å². The van der Waals surface area contributed by atoms with E-state index in [1.165, 1.54) is 62.5 Å². The molecule has 0 heterocycles. The first-order valence-electron chi connectivity index (χ1n) is 18.0. The van der Waals surface area contributed by atoms with Crippen LogP contribution in [0.3, 0.4) is 0 Å². The standard InChI is InChI=1S/C40H72O2Si2/c1-29(19-17-25-37(3,4)5)33-23-24-34-32(20-18-26-40(33,34)12)22-21-31-27-35(41-43(13,14)38(6,7)8)30(2)36(28-31)42-44(15,16)39(9,10)11/h21-22,34-36H,2,17-20,23-28H2,1,3-16H3/b32-22+,33-29-/t34-,35+,36+,40+/m0/s1. The van der Waals surface area contributed by atoms with Crippen LogP contribution < -0.4 is 0 Å². The van der Waals surface area contributed by atoms with Gasteiger partial charge in [-0.25, -0.2) is 0 Å². The Hall–Kier alpha value is -0.686. The van der Waals surface area contributed by atoms with E-state index in [2.05, 4.69) is 121 Å². The molecular weight excluding hydrogens is 569 g/mol. The van der Waals surface area contributed by atoms with Crippen molar-refractivity contribution < 1.29 is 8.85 Å². The van der Waals surface area contributed by atoms with E-state index in [-0.39, 0.29) is 22.3 Å². The fourth-order valence-electron chi connectivity index (χ4n) is 7.48. The minimum Gasteiger partial charge on any atom is -0.410 e. The molecule has 44 heavy (non-hydrogen) atoms. The van der Waals surface area contributed by atoms with Crippen LogP contribution in [-0.2, 0) is 8.85 Å². The fourth-order valence-corrected chi connectivity index (χ4v) is 10.1. The van der Waals surface area contributed by atoms with Crippen molar-refractivity contribution in [2.75, 3.05) is 0 Å². The van der Waals surface area contributed by atoms with E-state index in [4.69, 9.17) is 8.85 Å². The van der Waals surface area contributed by atoms with Crippen molar-refractivity contribution in [3.05, 3.63) is 46.6 Å². The first-order valence-corrected chi connectivity index (χ1v) is 23.8. The van der Waals surface area contributed by atoms with Gasteiger partial charge in [0.25, 0.3) is 0 Å². The molecule has 0 aromatic carbocycles. The maximum atomic E-state index is 7.09. The van der Waals surface area contributed by atoms with Crippen LogP contribution in [0.1, 0.15) is 140 Å². The number of rotatable bonds is 8. The van der Waals surface area contributed by atoms with Crippen molar-refractivity contribution in [3.8, 4) is 0 Å². The summed E-state index contributed by atoms with van der Waals surface area (Å²) in [7, 11) is -3.93. The second-order valence-electron chi connectivity index (χ2n) is 19.3. The summed E-state index contributed by atoms with van der Waals surface area (Å²) in [5.41, 5.74) is 8.61. The van der Waals surface area contributed by atoms with E-state index < -0.39 is 16.6 Å². The zero-order valence-corrected chi connectivity index (χ0v) is 34.0. The molecular formula is C40H72O2Si2. The summed E-state index contributed by atoms with van der Waals surface area (Å²) in [5, 5.41) is 0.328. The normalized spacial score (nSPS) is 29.7. The molecule has 0 unspecified atom stereocenters. The van der Waals surface area contributed by atoms with E-state index in [0.717, 1.165) is 12.8 Å². The van der Waals surface area contributed by atoms with E-state index >= 15 is 0 Å². The zero-order chi connectivity index (χ0) is 33.5. The molecule has 3 fully saturated rings. The van der Waals surface area contributed by atoms with Crippen molar-refractivity contribution in [1.82, 2.24) is 0 Å². The number of allylic oxidation sites excluding steroid dienone is 5. The number of fused-ring (bicyclic) bond motifs is 1. The van der Waals surface area contributed by atoms with Crippen LogP contribution in [0.5, 0.6) is 0 Å². The summed E-state index contributed by atoms with van der Waals surface area (Å²) >= 11 is 0. The average Bonchev–Trinajstić information content (AvgIpc) is 3.20. The summed E-state index contributed by atoms with van der Waals surface area (Å²) < 4.78 is 14.2. The largest absolute Gasteiger partial charge is 0.410 e. The fraction of sp³-hybridized carbons (Fsp3) is 0.800. The minimum atomic E-state index is -1.96. The molecule has 4 atom stereocenters. The second-order valence-corrected chi connectivity index (χ2v) is 28.8. The Morgan fingerprint density at radius 2 is 1.39 bits per heavy atom. The molecule has 0 aromatic rings. The molecule has 3 rings (SSSR count). The van der Waals surface area contributed by atoms with Crippen molar-refractivity contribution >= 4 is 16.6 Å². The smallest absolute Gasteiger partial charge is 0.192 e. The lowest BCUT2D eigenvalue weighted by atomic mass is 9.64. The van der Waals surface area contributed by atoms with Gasteiger partial charge in [-0.15, -0.1) is 0 Å². The lowest BCUT2D eigenvalue weighted by Gasteiger charge is -2.46. The Balaban J connectivity index is 1.89. The van der Waals surface area contributed by atoms with Crippen LogP contribution in [0.25, 0.3) is 0 Å². The predicted molar refractivity (Wildman–Crippen MR) is 199 cm³/mol. The van der Waals surface area contributed by atoms with Crippen LogP contribution >= 0.6 is 0 Å². The molecule has 2 nitrogen and oxygen atoms in total. The van der Waals surface area contributed by atoms with Gasteiger partial charge >= 0.3 is 0 Å². The predicted octanol–water partition coefficient (Wildman–Crippen LogP) is 13.1. The van der Waals surface area contributed by atoms with E-state index in [0.29, 0.717) is 16.7 Å². The highest BCUT2D eigenvalue weighted by Crippen LogP contribution is 2.58. The van der Waals surface area contributed by atoms with Crippen LogP contribution in [0.2, 0.25) is 36.3 Å². The Morgan fingerprint density at radius 3 is 1.86 bits per heavy atom. The van der Waals surface area contributed by atoms with Gasteiger partial charge in [-0.2, -0.15) is 0 Å². The molecule has 3 saturated carbocycles. The molecule has 252 valence electrons. The maximum Gasteiger partial charge on any atom is 0.192 e. The minimum absolute atomic E-state index is 0.0393. The van der Waals surface area contributed by atoms with Gasteiger partial charge in [-0.1, -0.05) is 110 Å². The molecule has 0 aliphatic heterocycles.